The van der Waals surface area contributed by atoms with Crippen molar-refractivity contribution in [1.82, 2.24) is 0 Å². The molecule has 3 aromatic rings. The molecule has 0 N–H and O–H groups in total. The maximum absolute atomic E-state index is 14.9. The van der Waals surface area contributed by atoms with Crippen molar-refractivity contribution in [2.45, 2.75) is 46.6 Å². The van der Waals surface area contributed by atoms with Gasteiger partial charge in [-0.25, -0.2) is 9.18 Å². The molecule has 4 rings (SSSR count). The van der Waals surface area contributed by atoms with Crippen LogP contribution in [0.1, 0.15) is 66.2 Å². The van der Waals surface area contributed by atoms with Gasteiger partial charge in [0.15, 0.2) is 0 Å². The molecule has 0 amide bonds. The van der Waals surface area contributed by atoms with Gasteiger partial charge < -0.3 is 9.64 Å². The predicted octanol–water partition coefficient (Wildman–Crippen LogP) is 7.00. The molecule has 1 aliphatic rings. The minimum atomic E-state index is -0.666. The molecule has 3 nitrogen and oxygen atoms in total. The summed E-state index contributed by atoms with van der Waals surface area (Å²) >= 11 is 0. The van der Waals surface area contributed by atoms with Crippen molar-refractivity contribution in [1.29, 1.82) is 0 Å². The highest BCUT2D eigenvalue weighted by Gasteiger charge is 2.26. The summed E-state index contributed by atoms with van der Waals surface area (Å²) in [6.07, 6.45) is 3.47. The fourth-order valence-corrected chi connectivity index (χ4v) is 4.52. The van der Waals surface area contributed by atoms with E-state index in [0.29, 0.717) is 12.5 Å². The van der Waals surface area contributed by atoms with Crippen LogP contribution in [0.25, 0.3) is 11.1 Å². The maximum atomic E-state index is 14.9. The van der Waals surface area contributed by atoms with Gasteiger partial charge in [-0.05, 0) is 71.8 Å². The third-order valence-corrected chi connectivity index (χ3v) is 6.30. The van der Waals surface area contributed by atoms with Crippen molar-refractivity contribution in [2.24, 2.45) is 5.92 Å². The van der Waals surface area contributed by atoms with Crippen LogP contribution >= 0.6 is 0 Å². The second kappa shape index (κ2) is 10.8. The molecule has 1 aliphatic heterocycles. The Morgan fingerprint density at radius 3 is 2.43 bits per heavy atom. The summed E-state index contributed by atoms with van der Waals surface area (Å²) in [6, 6.07) is 17.6. The fraction of sp³-hybridized carbons (Fsp3) is 0.323. The van der Waals surface area contributed by atoms with Crippen LogP contribution in [0, 0.1) is 23.6 Å². The molecule has 0 saturated carbocycles. The minimum Gasteiger partial charge on any atom is -0.465 e. The largest absolute Gasteiger partial charge is 0.465 e. The first kappa shape index (κ1) is 24.5. The number of hydrogen-bond donors (Lipinski definition) is 0. The van der Waals surface area contributed by atoms with E-state index in [4.69, 9.17) is 4.74 Å². The van der Waals surface area contributed by atoms with Crippen LogP contribution in [0.3, 0.4) is 0 Å². The molecule has 0 aromatic heterocycles. The monoisotopic (exact) mass is 469 g/mol. The van der Waals surface area contributed by atoms with E-state index in [1.165, 1.54) is 31.6 Å². The van der Waals surface area contributed by atoms with E-state index in [1.54, 1.807) is 6.07 Å². The van der Waals surface area contributed by atoms with Gasteiger partial charge in [0.2, 0.25) is 0 Å². The van der Waals surface area contributed by atoms with E-state index in [2.05, 4.69) is 67.8 Å². The lowest BCUT2D eigenvalue weighted by atomic mass is 9.90. The van der Waals surface area contributed by atoms with Gasteiger partial charge >= 0.3 is 5.97 Å². The molecule has 0 aliphatic carbocycles. The number of methoxy groups -OCH3 is 1. The Morgan fingerprint density at radius 2 is 1.74 bits per heavy atom. The number of nitrogens with zero attached hydrogens (tertiary/aromatic N) is 1. The number of fused-ring (bicyclic) bond motifs is 3. The number of carbonyl (C=O) groups excluding carboxylic acids is 1. The Kier molecular flexibility index (Phi) is 7.56. The molecular weight excluding hydrogens is 437 g/mol. The van der Waals surface area contributed by atoms with Gasteiger partial charge in [0, 0.05) is 35.5 Å². The molecule has 0 unspecified atom stereocenters. The van der Waals surface area contributed by atoms with Gasteiger partial charge in [0.25, 0.3) is 0 Å². The van der Waals surface area contributed by atoms with E-state index >= 15 is 0 Å². The molecule has 0 fully saturated rings. The van der Waals surface area contributed by atoms with Gasteiger partial charge in [-0.2, -0.15) is 0 Å². The Labute approximate surface area is 207 Å². The first-order valence-electron chi connectivity index (χ1n) is 12.3. The number of benzene rings is 3. The third-order valence-electron chi connectivity index (χ3n) is 6.30. The van der Waals surface area contributed by atoms with Crippen molar-refractivity contribution in [3.63, 3.8) is 0 Å². The zero-order valence-corrected chi connectivity index (χ0v) is 21.0. The smallest absolute Gasteiger partial charge is 0.340 e. The van der Waals surface area contributed by atoms with Crippen LogP contribution in [-0.4, -0.2) is 19.6 Å². The summed E-state index contributed by atoms with van der Waals surface area (Å²) in [6.45, 7) is 7.99. The molecular formula is C31H32FNO2. The predicted molar refractivity (Wildman–Crippen MR) is 140 cm³/mol. The average molecular weight is 470 g/mol. The fourth-order valence-electron chi connectivity index (χ4n) is 4.52. The zero-order chi connectivity index (χ0) is 24.9. The van der Waals surface area contributed by atoms with Gasteiger partial charge in [0.1, 0.15) is 5.82 Å². The summed E-state index contributed by atoms with van der Waals surface area (Å²) < 4.78 is 19.7. The van der Waals surface area contributed by atoms with E-state index in [0.717, 1.165) is 46.5 Å². The minimum absolute atomic E-state index is 0.0400. The number of halogens is 1. The van der Waals surface area contributed by atoms with Crippen LogP contribution < -0.4 is 4.90 Å². The van der Waals surface area contributed by atoms with Gasteiger partial charge in [-0.1, -0.05) is 57.2 Å². The van der Waals surface area contributed by atoms with Crippen molar-refractivity contribution in [3.05, 3.63) is 88.2 Å². The molecule has 0 atom stereocenters. The molecule has 0 bridgehead atoms. The molecule has 0 saturated heterocycles. The summed E-state index contributed by atoms with van der Waals surface area (Å²) in [5.74, 6) is 5.70. The lowest BCUT2D eigenvalue weighted by Crippen LogP contribution is -2.30. The summed E-state index contributed by atoms with van der Waals surface area (Å²) in [7, 11) is 1.27. The molecule has 35 heavy (non-hydrogen) atoms. The Morgan fingerprint density at radius 1 is 1.03 bits per heavy atom. The number of anilines is 1. The molecule has 4 heteroatoms. The Hall–Kier alpha value is -3.58. The molecule has 0 spiro atoms. The lowest BCUT2D eigenvalue weighted by molar-refractivity contribution is 0.0595. The van der Waals surface area contributed by atoms with Crippen LogP contribution in [0.15, 0.2) is 54.6 Å². The first-order chi connectivity index (χ1) is 16.9. The second-order valence-corrected chi connectivity index (χ2v) is 9.54. The van der Waals surface area contributed by atoms with E-state index in [9.17, 15) is 9.18 Å². The van der Waals surface area contributed by atoms with Gasteiger partial charge in [-0.15, -0.1) is 0 Å². The highest BCUT2D eigenvalue weighted by atomic mass is 19.1. The number of esters is 1. The molecule has 0 radical (unpaired) electrons. The van der Waals surface area contributed by atoms with E-state index < -0.39 is 11.8 Å². The van der Waals surface area contributed by atoms with E-state index in [1.807, 2.05) is 12.1 Å². The zero-order valence-electron chi connectivity index (χ0n) is 21.0. The number of carbonyl (C=O) groups is 1. The second-order valence-electron chi connectivity index (χ2n) is 9.54. The van der Waals surface area contributed by atoms with Gasteiger partial charge in [0.05, 0.1) is 12.7 Å². The summed E-state index contributed by atoms with van der Waals surface area (Å²) in [5, 5.41) is 0. The molecule has 1 heterocycles. The standard InChI is InChI=1S/C31H32FNO2/c1-5-6-7-22-8-10-23(11-9-22)12-13-24-14-15-25-20-33(19-21(2)3)30-18-28(31(34)35-4)29(32)17-27(30)26(25)16-24/h8-11,14-18,21H,5-7,19-20H2,1-4H3. The van der Waals surface area contributed by atoms with Crippen molar-refractivity contribution < 1.29 is 13.9 Å². The highest BCUT2D eigenvalue weighted by molar-refractivity contribution is 5.95. The number of unbranched alkanes of at least 4 members (excludes halogenated alkanes) is 1. The number of hydrogen-bond acceptors (Lipinski definition) is 3. The summed E-state index contributed by atoms with van der Waals surface area (Å²) in [5.41, 5.74) is 6.84. The lowest BCUT2D eigenvalue weighted by Gasteiger charge is -2.34. The van der Waals surface area contributed by atoms with Crippen LogP contribution in [-0.2, 0) is 17.7 Å². The number of aryl methyl sites for hydroxylation is 1. The summed E-state index contributed by atoms with van der Waals surface area (Å²) in [4.78, 5) is 14.4. The van der Waals surface area contributed by atoms with Gasteiger partial charge in [-0.3, -0.25) is 0 Å². The average Bonchev–Trinajstić information content (AvgIpc) is 2.86. The quantitative estimate of drug-likeness (QED) is 0.288. The Bertz CT molecular complexity index is 1280. The van der Waals surface area contributed by atoms with Crippen molar-refractivity contribution in [2.75, 3.05) is 18.6 Å². The normalized spacial score (nSPS) is 12.0. The van der Waals surface area contributed by atoms with Crippen molar-refractivity contribution >= 4 is 11.7 Å². The maximum Gasteiger partial charge on any atom is 0.340 e. The highest BCUT2D eigenvalue weighted by Crippen LogP contribution is 2.41. The SMILES string of the molecule is CCCCc1ccc(C#Cc2ccc3c(c2)-c2cc(F)c(C(=O)OC)cc2N(CC(C)C)C3)cc1. The Balaban J connectivity index is 1.69. The van der Waals surface area contributed by atoms with Crippen LogP contribution in [0.2, 0.25) is 0 Å². The van der Waals surface area contributed by atoms with E-state index in [-0.39, 0.29) is 5.56 Å². The number of ether oxygens (including phenoxy) is 1. The molecule has 3 aromatic carbocycles. The van der Waals surface area contributed by atoms with Crippen LogP contribution in [0.4, 0.5) is 10.1 Å². The third kappa shape index (κ3) is 5.57. The number of rotatable bonds is 6. The molecule has 180 valence electrons. The first-order valence-corrected chi connectivity index (χ1v) is 12.3. The van der Waals surface area contributed by atoms with Crippen LogP contribution in [0.5, 0.6) is 0 Å². The van der Waals surface area contributed by atoms with Crippen molar-refractivity contribution in [3.8, 4) is 23.0 Å². The topological polar surface area (TPSA) is 29.5 Å².